The van der Waals surface area contributed by atoms with Crippen molar-refractivity contribution in [1.29, 1.82) is 0 Å². The van der Waals surface area contributed by atoms with E-state index in [1.807, 2.05) is 20.8 Å². The van der Waals surface area contributed by atoms with Gasteiger partial charge in [0, 0.05) is 0 Å². The molecule has 15 heavy (non-hydrogen) atoms. The van der Waals surface area contributed by atoms with Crippen LogP contribution in [0.25, 0.3) is 0 Å². The Morgan fingerprint density at radius 1 is 1.33 bits per heavy atom. The number of hydrogen-bond acceptors (Lipinski definition) is 2. The van der Waals surface area contributed by atoms with Crippen molar-refractivity contribution in [2.75, 3.05) is 11.9 Å². The third-order valence-corrected chi connectivity index (χ3v) is 2.43. The van der Waals surface area contributed by atoms with Crippen molar-refractivity contribution in [3.63, 3.8) is 0 Å². The highest BCUT2D eigenvalue weighted by molar-refractivity contribution is 5.45. The first-order chi connectivity index (χ1) is 6.95. The van der Waals surface area contributed by atoms with E-state index in [9.17, 15) is 9.50 Å². The number of nitrogens with one attached hydrogen (secondary N) is 1. The Kier molecular flexibility index (Phi) is 3.69. The van der Waals surface area contributed by atoms with Crippen LogP contribution in [0.2, 0.25) is 0 Å². The fourth-order valence-electron chi connectivity index (χ4n) is 1.30. The minimum Gasteiger partial charge on any atom is -0.394 e. The van der Waals surface area contributed by atoms with Gasteiger partial charge in [0.25, 0.3) is 0 Å². The Balaban J connectivity index is 2.80. The highest BCUT2D eigenvalue weighted by Gasteiger charge is 2.24. The first-order valence-corrected chi connectivity index (χ1v) is 5.07. The summed E-state index contributed by atoms with van der Waals surface area (Å²) in [4.78, 5) is 0. The minimum absolute atomic E-state index is 0.0160. The van der Waals surface area contributed by atoms with Gasteiger partial charge < -0.3 is 10.4 Å². The van der Waals surface area contributed by atoms with Crippen LogP contribution in [0.5, 0.6) is 0 Å². The third kappa shape index (κ3) is 3.20. The maximum atomic E-state index is 13.3. The van der Waals surface area contributed by atoms with Crippen LogP contribution in [0.15, 0.2) is 24.3 Å². The molecule has 0 fully saturated rings. The Morgan fingerprint density at radius 2 is 1.93 bits per heavy atom. The molecule has 3 heteroatoms. The number of rotatable bonds is 3. The SMILES string of the molecule is CC(C)(C)C(CO)Nc1ccccc1F. The summed E-state index contributed by atoms with van der Waals surface area (Å²) in [6, 6.07) is 6.33. The maximum absolute atomic E-state index is 13.3. The molecule has 1 aromatic rings. The Bertz CT molecular complexity index is 320. The molecule has 0 aliphatic carbocycles. The monoisotopic (exact) mass is 211 g/mol. The van der Waals surface area contributed by atoms with Crippen molar-refractivity contribution in [2.45, 2.75) is 26.8 Å². The minimum atomic E-state index is -0.291. The lowest BCUT2D eigenvalue weighted by atomic mass is 9.87. The van der Waals surface area contributed by atoms with Crippen LogP contribution in [0, 0.1) is 11.2 Å². The van der Waals surface area contributed by atoms with Gasteiger partial charge in [0.2, 0.25) is 0 Å². The molecule has 84 valence electrons. The van der Waals surface area contributed by atoms with Gasteiger partial charge in [0.05, 0.1) is 18.3 Å². The normalized spacial score (nSPS) is 13.7. The van der Waals surface area contributed by atoms with Crippen LogP contribution >= 0.6 is 0 Å². The Hall–Kier alpha value is -1.09. The van der Waals surface area contributed by atoms with E-state index in [1.54, 1.807) is 18.2 Å². The standard InChI is InChI=1S/C12H18FNO/c1-12(2,3)11(8-15)14-10-7-5-4-6-9(10)13/h4-7,11,14-15H,8H2,1-3H3. The summed E-state index contributed by atoms with van der Waals surface area (Å²) in [5.74, 6) is -0.291. The van der Waals surface area contributed by atoms with Gasteiger partial charge in [-0.25, -0.2) is 4.39 Å². The van der Waals surface area contributed by atoms with Crippen LogP contribution in [0.1, 0.15) is 20.8 Å². The fourth-order valence-corrected chi connectivity index (χ4v) is 1.30. The molecule has 0 saturated carbocycles. The number of halogens is 1. The first-order valence-electron chi connectivity index (χ1n) is 5.07. The van der Waals surface area contributed by atoms with Crippen LogP contribution < -0.4 is 5.32 Å². The molecule has 0 saturated heterocycles. The molecular formula is C12H18FNO. The number of para-hydroxylation sites is 1. The summed E-state index contributed by atoms with van der Waals surface area (Å²) in [5.41, 5.74) is 0.322. The topological polar surface area (TPSA) is 32.3 Å². The van der Waals surface area contributed by atoms with Crippen molar-refractivity contribution in [2.24, 2.45) is 5.41 Å². The van der Waals surface area contributed by atoms with Gasteiger partial charge >= 0.3 is 0 Å². The van der Waals surface area contributed by atoms with Crippen LogP contribution in [0.3, 0.4) is 0 Å². The number of aliphatic hydroxyl groups excluding tert-OH is 1. The van der Waals surface area contributed by atoms with E-state index in [0.29, 0.717) is 5.69 Å². The molecule has 2 N–H and O–H groups in total. The van der Waals surface area contributed by atoms with Gasteiger partial charge in [0.15, 0.2) is 0 Å². The van der Waals surface area contributed by atoms with Gasteiger partial charge in [-0.2, -0.15) is 0 Å². The molecule has 0 aliphatic rings. The van der Waals surface area contributed by atoms with E-state index in [-0.39, 0.29) is 23.9 Å². The Morgan fingerprint density at radius 3 is 2.40 bits per heavy atom. The summed E-state index contributed by atoms with van der Waals surface area (Å²) in [7, 11) is 0. The lowest BCUT2D eigenvalue weighted by Crippen LogP contribution is -2.37. The molecule has 0 heterocycles. The zero-order valence-electron chi connectivity index (χ0n) is 9.42. The largest absolute Gasteiger partial charge is 0.394 e. The van der Waals surface area contributed by atoms with Gasteiger partial charge in [-0.1, -0.05) is 32.9 Å². The quantitative estimate of drug-likeness (QED) is 0.805. The van der Waals surface area contributed by atoms with E-state index < -0.39 is 0 Å². The average Bonchev–Trinajstić information content (AvgIpc) is 2.14. The van der Waals surface area contributed by atoms with Crippen LogP contribution in [-0.2, 0) is 0 Å². The zero-order chi connectivity index (χ0) is 11.5. The van der Waals surface area contributed by atoms with E-state index in [1.165, 1.54) is 6.07 Å². The summed E-state index contributed by atoms with van der Waals surface area (Å²) in [6.45, 7) is 5.99. The van der Waals surface area contributed by atoms with Crippen LogP contribution in [0.4, 0.5) is 10.1 Å². The smallest absolute Gasteiger partial charge is 0.146 e. The second kappa shape index (κ2) is 4.62. The fraction of sp³-hybridized carbons (Fsp3) is 0.500. The number of hydrogen-bond donors (Lipinski definition) is 2. The number of aliphatic hydroxyl groups is 1. The summed E-state index contributed by atoms with van der Waals surface area (Å²) in [6.07, 6.45) is 0. The highest BCUT2D eigenvalue weighted by atomic mass is 19.1. The molecular weight excluding hydrogens is 193 g/mol. The first kappa shape index (κ1) is 12.0. The molecule has 1 rings (SSSR count). The predicted molar refractivity (Wildman–Crippen MR) is 60.4 cm³/mol. The number of anilines is 1. The van der Waals surface area contributed by atoms with Crippen molar-refractivity contribution in [3.8, 4) is 0 Å². The van der Waals surface area contributed by atoms with Crippen molar-refractivity contribution >= 4 is 5.69 Å². The van der Waals surface area contributed by atoms with Gasteiger partial charge in [-0.05, 0) is 17.5 Å². The molecule has 1 aromatic carbocycles. The highest BCUT2D eigenvalue weighted by Crippen LogP contribution is 2.24. The summed E-state index contributed by atoms with van der Waals surface area (Å²) >= 11 is 0. The van der Waals surface area contributed by atoms with E-state index in [2.05, 4.69) is 5.32 Å². The predicted octanol–water partition coefficient (Wildman–Crippen LogP) is 2.64. The third-order valence-electron chi connectivity index (χ3n) is 2.43. The van der Waals surface area contributed by atoms with Gasteiger partial charge in [0.1, 0.15) is 5.82 Å². The molecule has 0 amide bonds. The van der Waals surface area contributed by atoms with E-state index >= 15 is 0 Å². The van der Waals surface area contributed by atoms with Gasteiger partial charge in [-0.15, -0.1) is 0 Å². The molecule has 0 aliphatic heterocycles. The maximum Gasteiger partial charge on any atom is 0.146 e. The molecule has 0 aromatic heterocycles. The second-order valence-corrected chi connectivity index (χ2v) is 4.73. The van der Waals surface area contributed by atoms with Crippen molar-refractivity contribution < 1.29 is 9.50 Å². The van der Waals surface area contributed by atoms with Crippen molar-refractivity contribution in [3.05, 3.63) is 30.1 Å². The van der Waals surface area contributed by atoms with Gasteiger partial charge in [-0.3, -0.25) is 0 Å². The number of benzene rings is 1. The lowest BCUT2D eigenvalue weighted by molar-refractivity contribution is 0.201. The molecule has 1 unspecified atom stereocenters. The van der Waals surface area contributed by atoms with Crippen LogP contribution in [-0.4, -0.2) is 17.8 Å². The second-order valence-electron chi connectivity index (χ2n) is 4.73. The zero-order valence-corrected chi connectivity index (χ0v) is 9.42. The summed E-state index contributed by atoms with van der Waals surface area (Å²) in [5, 5.41) is 12.2. The molecule has 1 atom stereocenters. The molecule has 2 nitrogen and oxygen atoms in total. The average molecular weight is 211 g/mol. The Labute approximate surface area is 90.1 Å². The van der Waals surface area contributed by atoms with E-state index in [4.69, 9.17) is 0 Å². The van der Waals surface area contributed by atoms with E-state index in [0.717, 1.165) is 0 Å². The summed E-state index contributed by atoms with van der Waals surface area (Å²) < 4.78 is 13.3. The molecule has 0 radical (unpaired) electrons. The van der Waals surface area contributed by atoms with Crippen molar-refractivity contribution in [1.82, 2.24) is 0 Å². The molecule has 0 spiro atoms. The molecule has 0 bridgehead atoms. The lowest BCUT2D eigenvalue weighted by Gasteiger charge is -2.30.